The Hall–Kier alpha value is -14.6. The van der Waals surface area contributed by atoms with E-state index in [1.54, 1.807) is 119 Å². The van der Waals surface area contributed by atoms with Gasteiger partial charge in [0.2, 0.25) is 94.5 Å². The van der Waals surface area contributed by atoms with Gasteiger partial charge in [0, 0.05) is 172 Å². The number of aromatic amines is 4. The minimum atomic E-state index is -2.09. The van der Waals surface area contributed by atoms with Gasteiger partial charge in [-0.05, 0) is 73.4 Å². The highest BCUT2D eigenvalue weighted by molar-refractivity contribution is 7.80. The normalized spacial score (nSPS) is 16.7. The number of aromatic nitrogens is 5. The van der Waals surface area contributed by atoms with E-state index in [2.05, 4.69) is 114 Å². The van der Waals surface area contributed by atoms with Crippen LogP contribution in [0, 0.1) is 5.92 Å². The van der Waals surface area contributed by atoms with E-state index in [4.69, 9.17) is 17.2 Å². The lowest BCUT2D eigenvalue weighted by atomic mass is 9.97. The Morgan fingerprint density at radius 3 is 1.19 bits per heavy atom. The molecule has 0 aliphatic carbocycles. The van der Waals surface area contributed by atoms with Gasteiger partial charge in [0.05, 0.1) is 57.9 Å². The molecule has 2 saturated heterocycles. The summed E-state index contributed by atoms with van der Waals surface area (Å²) >= 11 is 8.59. The molecule has 6 heterocycles. The van der Waals surface area contributed by atoms with Gasteiger partial charge in [-0.1, -0.05) is 81.3 Å². The van der Waals surface area contributed by atoms with E-state index < -0.39 is 241 Å². The van der Waals surface area contributed by atoms with Crippen LogP contribution < -0.4 is 81.0 Å². The van der Waals surface area contributed by atoms with Gasteiger partial charge in [0.25, 0.3) is 0 Å². The molecule has 2 aliphatic heterocycles. The highest BCUT2D eigenvalue weighted by Gasteiger charge is 2.43. The molecule has 0 radical (unpaired) electrons. The van der Waals surface area contributed by atoms with Gasteiger partial charge < -0.3 is 131 Å². The fourth-order valence-corrected chi connectivity index (χ4v) is 17.5. The molecule has 9 rings (SSSR count). The number of H-pyrrole nitrogens is 4. The fourth-order valence-electron chi connectivity index (χ4n) is 17.0. The molecule has 3 aromatic carbocycles. The zero-order valence-electron chi connectivity index (χ0n) is 80.8. The predicted octanol–water partition coefficient (Wildman–Crippen LogP) is -5.40. The number of carboxylic acid groups (broad SMARTS) is 4. The van der Waals surface area contributed by atoms with Crippen molar-refractivity contribution in [1.29, 1.82) is 0 Å². The Labute approximate surface area is 848 Å². The number of fused-ring (bicyclic) bond motifs is 3. The minimum absolute atomic E-state index is 0.124. The number of hydrogen-bond acceptors (Lipinski definition) is 28. The number of carboxylic acids is 4. The van der Waals surface area contributed by atoms with Crippen molar-refractivity contribution in [3.8, 4) is 0 Å². The summed E-state index contributed by atoms with van der Waals surface area (Å²) in [4.78, 5) is 298. The number of likely N-dealkylation sites (tertiary alicyclic amines) is 1. The van der Waals surface area contributed by atoms with Crippen LogP contribution in [0.5, 0.6) is 0 Å². The summed E-state index contributed by atoms with van der Waals surface area (Å²) in [5.74, 6) is -23.4. The average molecular weight is 2070 g/mol. The smallest absolute Gasteiger partial charge is 0.317 e. The SMILES string of the molecule is CC[C@H](C)[C@H](NC(=O)[C@@H](NC(=O)[C@H](Cc1c[nH]c2ccccc12)NC(=O)CCCCCNC(=O)CN1CCN(CC(=O)O)CCN(CC(=O)O)CCN(CC(=O)O)CC1)[C@@H](C)O)C(=O)N[C@@H](CS)C(=O)N[C@@H](CC(N)=O)C(=O)N[C@@H](CC(N)=O)C(=O)N[C@@H](Cc1c[nH]c2ccccc12)C(=O)N[C@@H](Cc1cnc[nH]1)C(=O)N[C@@H](CC(=O)O)C(=O)N[C@@H](CS)C(=O)N[C@@H](Cc1c[nH]c2ccccc12)C(=O)N1CCC[C@@H]1C(N)=O. The Morgan fingerprint density at radius 1 is 0.411 bits per heavy atom. The van der Waals surface area contributed by atoms with E-state index in [-0.39, 0.29) is 142 Å². The molecular formula is C94H129N25O25S2. The molecule has 146 heavy (non-hydrogen) atoms. The highest BCUT2D eigenvalue weighted by Crippen LogP contribution is 2.26. The van der Waals surface area contributed by atoms with E-state index in [0.29, 0.717) is 68.7 Å². The maximum atomic E-state index is 15.2. The van der Waals surface area contributed by atoms with Gasteiger partial charge in [0.15, 0.2) is 0 Å². The van der Waals surface area contributed by atoms with Crippen molar-refractivity contribution in [2.45, 2.75) is 189 Å². The van der Waals surface area contributed by atoms with Crippen molar-refractivity contribution < 1.29 is 121 Å². The van der Waals surface area contributed by atoms with Gasteiger partial charge in [-0.3, -0.25) is 115 Å². The van der Waals surface area contributed by atoms with Crippen LogP contribution in [0.4, 0.5) is 0 Å². The van der Waals surface area contributed by atoms with Crippen LogP contribution in [0.3, 0.4) is 0 Å². The zero-order chi connectivity index (χ0) is 107. The number of para-hydroxylation sites is 3. The van der Waals surface area contributed by atoms with Crippen LogP contribution in [-0.4, -0.2) is 375 Å². The van der Waals surface area contributed by atoms with Crippen molar-refractivity contribution in [2.75, 3.05) is 103 Å². The van der Waals surface area contributed by atoms with E-state index in [0.717, 1.165) is 0 Å². The van der Waals surface area contributed by atoms with E-state index in [9.17, 15) is 117 Å². The van der Waals surface area contributed by atoms with Crippen LogP contribution in [0.1, 0.15) is 107 Å². The predicted molar refractivity (Wildman–Crippen MR) is 532 cm³/mol. The van der Waals surface area contributed by atoms with Crippen molar-refractivity contribution in [3.05, 3.63) is 126 Å². The van der Waals surface area contributed by atoms with Crippen LogP contribution in [-0.2, 0) is 122 Å². The van der Waals surface area contributed by atoms with E-state index in [1.807, 2.05) is 0 Å². The standard InChI is InChI=1S/C94H129N25O25S2/c1-4-51(2)81(113-93(143)82(52(3)120)114-89(139)63(33-53-40-100-60-18-10-7-15-57(53)60)104-75(123)22-6-5-13-23-99-76(124)44-115-25-27-116(45-78(127)128)29-31-118(47-80(131)132)32-30-117(28-26-115)46-79(129)130)92(142)112-71(49-146)90(140)108-67(38-74(96)122)87(137)107-66(37-73(95)121)86(136)105-64(34-54-41-101-61-19-11-8-16-58(54)61)84(134)106-65(36-56-43-98-50-103-56)85(135)109-68(39-77(125)126)88(138)111-70(48-145)91(141)110-69(94(144)119-24-14-21-72(119)83(97)133)35-55-42-102-62-20-12-9-17-59(55)62/h7-12,15-20,40-43,50-52,63-72,81-82,100-102,120,145-146H,4-6,13-14,21-39,44-49H2,1-3H3,(H2,95,121)(H2,96,122)(H2,97,133)(H,98,103)(H,99,124)(H,104,123)(H,105,136)(H,106,134)(H,107,137)(H,108,140)(H,109,135)(H,110,141)(H,111,138)(H,112,142)(H,113,143)(H,114,139)(H,125,126)(H,127,128)(H,129,130)(H,131,132)/t51-,52+,63-,64-,65-,66-,67-,68-,69-,70-,71-,72+,81-,82-/m0/s1. The molecule has 4 aromatic heterocycles. The average Bonchev–Trinajstić information content (AvgIpc) is 1.67. The van der Waals surface area contributed by atoms with Crippen molar-refractivity contribution in [1.82, 2.24) is 113 Å². The van der Waals surface area contributed by atoms with Crippen LogP contribution in [0.15, 0.2) is 104 Å². The van der Waals surface area contributed by atoms with Crippen LogP contribution in [0.25, 0.3) is 32.7 Å². The quantitative estimate of drug-likeness (QED) is 0.0125. The summed E-state index contributed by atoms with van der Waals surface area (Å²) in [6, 6.07) is 0.505. The molecule has 7 aromatic rings. The lowest BCUT2D eigenvalue weighted by molar-refractivity contribution is -0.142. The van der Waals surface area contributed by atoms with E-state index >= 15 is 4.79 Å². The summed E-state index contributed by atoms with van der Waals surface area (Å²) < 4.78 is 0. The van der Waals surface area contributed by atoms with Crippen LogP contribution in [0.2, 0.25) is 0 Å². The maximum Gasteiger partial charge on any atom is 0.317 e. The molecule has 792 valence electrons. The second-order valence-corrected chi connectivity index (χ2v) is 36.8. The number of nitrogens with zero attached hydrogens (tertiary/aromatic N) is 6. The topological polar surface area (TPSA) is 757 Å². The third-order valence-electron chi connectivity index (χ3n) is 25.0. The molecule has 2 fully saturated rings. The molecule has 16 amide bonds. The number of aliphatic hydroxyl groups is 1. The first kappa shape index (κ1) is 115. The second kappa shape index (κ2) is 56.6. The van der Waals surface area contributed by atoms with Gasteiger partial charge in [-0.25, -0.2) is 4.98 Å². The maximum absolute atomic E-state index is 15.2. The van der Waals surface area contributed by atoms with Gasteiger partial charge in [-0.15, -0.1) is 0 Å². The van der Waals surface area contributed by atoms with Crippen molar-refractivity contribution >= 4 is 176 Å². The molecule has 27 N–H and O–H groups in total. The number of nitrogens with one attached hydrogen (secondary N) is 16. The number of carbonyl (C=O) groups is 20. The number of primary amides is 3. The number of hydrogen-bond donors (Lipinski definition) is 26. The number of aliphatic carboxylic acids is 4. The number of imidazole rings is 1. The van der Waals surface area contributed by atoms with Crippen LogP contribution >= 0.6 is 25.3 Å². The Bertz CT molecular complexity index is 5750. The monoisotopic (exact) mass is 2070 g/mol. The number of unbranched alkanes of at least 4 members (excludes halogenated alkanes) is 2. The number of amides is 16. The third-order valence-corrected chi connectivity index (χ3v) is 25.8. The first-order valence-electron chi connectivity index (χ1n) is 47.6. The minimum Gasteiger partial charge on any atom is -0.481 e. The summed E-state index contributed by atoms with van der Waals surface area (Å²) in [6.07, 6.45) is 2.91. The highest BCUT2D eigenvalue weighted by atomic mass is 32.1. The number of nitrogens with two attached hydrogens (primary N) is 3. The number of rotatable bonds is 56. The lowest BCUT2D eigenvalue weighted by Gasteiger charge is -2.32. The number of carbonyl (C=O) groups excluding carboxylic acids is 16. The molecule has 0 unspecified atom stereocenters. The Balaban J connectivity index is 0.842. The molecule has 0 bridgehead atoms. The number of thiol groups is 2. The molecule has 0 saturated carbocycles. The second-order valence-electron chi connectivity index (χ2n) is 36.0. The largest absolute Gasteiger partial charge is 0.481 e. The zero-order valence-corrected chi connectivity index (χ0v) is 82.6. The molecular weight excluding hydrogens is 1940 g/mol. The molecule has 2 aliphatic rings. The molecule has 52 heteroatoms. The Kier molecular flexibility index (Phi) is 44.6. The summed E-state index contributed by atoms with van der Waals surface area (Å²) in [7, 11) is 0. The van der Waals surface area contributed by atoms with E-state index in [1.165, 1.54) is 30.5 Å². The fraction of sp³-hybridized carbons (Fsp3) is 0.500. The first-order valence-corrected chi connectivity index (χ1v) is 48.9. The molecule has 0 spiro atoms. The number of benzene rings is 3. The first-order chi connectivity index (χ1) is 69.6. The van der Waals surface area contributed by atoms with Crippen molar-refractivity contribution in [2.24, 2.45) is 23.1 Å². The van der Waals surface area contributed by atoms with Gasteiger partial charge in [0.1, 0.15) is 72.5 Å². The summed E-state index contributed by atoms with van der Waals surface area (Å²) in [5.41, 5.74) is 20.6. The summed E-state index contributed by atoms with van der Waals surface area (Å²) in [5, 5.41) is 82.3. The number of aliphatic hydroxyl groups excluding tert-OH is 1. The third kappa shape index (κ3) is 35.4. The van der Waals surface area contributed by atoms with Crippen molar-refractivity contribution in [3.63, 3.8) is 0 Å². The molecule has 50 nitrogen and oxygen atoms in total. The lowest BCUT2D eigenvalue weighted by Crippen LogP contribution is -2.63. The van der Waals surface area contributed by atoms with Gasteiger partial charge >= 0.3 is 23.9 Å². The van der Waals surface area contributed by atoms with Gasteiger partial charge in [-0.2, -0.15) is 25.3 Å². The molecule has 14 atom stereocenters. The summed E-state index contributed by atoms with van der Waals surface area (Å²) in [6.45, 7) is 5.09. The Morgan fingerprint density at radius 2 is 0.781 bits per heavy atom.